The minimum Gasteiger partial charge on any atom is -0.353 e. The van der Waals surface area contributed by atoms with Gasteiger partial charge in [-0.3, -0.25) is 9.69 Å². The molecule has 1 aliphatic heterocycles. The second-order valence-corrected chi connectivity index (χ2v) is 6.26. The number of hydrogen-bond donors (Lipinski definition) is 2. The molecule has 0 aromatic heterocycles. The molecular formula is C15H31N3O. The highest BCUT2D eigenvalue weighted by molar-refractivity contribution is 5.78. The van der Waals surface area contributed by atoms with Gasteiger partial charge in [-0.05, 0) is 52.1 Å². The van der Waals surface area contributed by atoms with Gasteiger partial charge in [-0.1, -0.05) is 13.8 Å². The van der Waals surface area contributed by atoms with E-state index in [1.807, 2.05) is 7.05 Å². The molecular weight excluding hydrogens is 238 g/mol. The molecule has 1 amide bonds. The Morgan fingerprint density at radius 2 is 2.05 bits per heavy atom. The van der Waals surface area contributed by atoms with E-state index in [1.165, 1.54) is 19.3 Å². The van der Waals surface area contributed by atoms with E-state index in [4.69, 9.17) is 0 Å². The average Bonchev–Trinajstić information content (AvgIpc) is 2.74. The molecule has 19 heavy (non-hydrogen) atoms. The van der Waals surface area contributed by atoms with Gasteiger partial charge in [0, 0.05) is 18.6 Å². The van der Waals surface area contributed by atoms with Crippen LogP contribution in [0.3, 0.4) is 0 Å². The lowest BCUT2D eigenvalue weighted by molar-refractivity contribution is -0.123. The van der Waals surface area contributed by atoms with Gasteiger partial charge in [0.2, 0.25) is 5.91 Å². The SMILES string of the molecule is CNCC1CCCN1CC(=O)NC(C)CCC(C)C. The van der Waals surface area contributed by atoms with Crippen LogP contribution < -0.4 is 10.6 Å². The predicted molar refractivity (Wildman–Crippen MR) is 80.2 cm³/mol. The Hall–Kier alpha value is -0.610. The molecule has 4 nitrogen and oxygen atoms in total. The zero-order valence-corrected chi connectivity index (χ0v) is 13.0. The first-order chi connectivity index (χ1) is 9.02. The number of amides is 1. The molecule has 1 fully saturated rings. The van der Waals surface area contributed by atoms with Gasteiger partial charge in [0.05, 0.1) is 6.54 Å². The predicted octanol–water partition coefficient (Wildman–Crippen LogP) is 1.61. The molecule has 1 aliphatic rings. The van der Waals surface area contributed by atoms with Crippen LogP contribution in [-0.2, 0) is 4.79 Å². The molecule has 2 N–H and O–H groups in total. The minimum absolute atomic E-state index is 0.180. The summed E-state index contributed by atoms with van der Waals surface area (Å²) in [7, 11) is 1.98. The summed E-state index contributed by atoms with van der Waals surface area (Å²) in [4.78, 5) is 14.3. The highest BCUT2D eigenvalue weighted by atomic mass is 16.2. The third-order valence-corrected chi connectivity index (χ3v) is 3.87. The number of carbonyl (C=O) groups is 1. The van der Waals surface area contributed by atoms with E-state index in [0.717, 1.165) is 19.5 Å². The Kier molecular flexibility index (Phi) is 7.39. The summed E-state index contributed by atoms with van der Waals surface area (Å²) in [6.07, 6.45) is 4.66. The van der Waals surface area contributed by atoms with E-state index in [-0.39, 0.29) is 5.91 Å². The van der Waals surface area contributed by atoms with Crippen molar-refractivity contribution in [3.05, 3.63) is 0 Å². The smallest absolute Gasteiger partial charge is 0.234 e. The molecule has 0 radical (unpaired) electrons. The zero-order valence-electron chi connectivity index (χ0n) is 13.0. The zero-order chi connectivity index (χ0) is 14.3. The highest BCUT2D eigenvalue weighted by Crippen LogP contribution is 2.15. The van der Waals surface area contributed by atoms with Crippen LogP contribution in [0.2, 0.25) is 0 Å². The summed E-state index contributed by atoms with van der Waals surface area (Å²) in [5.74, 6) is 0.886. The molecule has 0 bridgehead atoms. The average molecular weight is 269 g/mol. The van der Waals surface area contributed by atoms with Crippen LogP contribution in [0.5, 0.6) is 0 Å². The van der Waals surface area contributed by atoms with Crippen LogP contribution in [0.4, 0.5) is 0 Å². The monoisotopic (exact) mass is 269 g/mol. The second-order valence-electron chi connectivity index (χ2n) is 6.26. The van der Waals surface area contributed by atoms with E-state index < -0.39 is 0 Å². The number of rotatable bonds is 8. The van der Waals surface area contributed by atoms with Crippen LogP contribution in [0, 0.1) is 5.92 Å². The van der Waals surface area contributed by atoms with Crippen molar-refractivity contribution in [2.75, 3.05) is 26.7 Å². The topological polar surface area (TPSA) is 44.4 Å². The van der Waals surface area contributed by atoms with Gasteiger partial charge < -0.3 is 10.6 Å². The Morgan fingerprint density at radius 1 is 1.32 bits per heavy atom. The molecule has 4 heteroatoms. The standard InChI is InChI=1S/C15H31N3O/c1-12(2)7-8-13(3)17-15(19)11-18-9-5-6-14(18)10-16-4/h12-14,16H,5-11H2,1-4H3,(H,17,19). The maximum absolute atomic E-state index is 12.0. The number of likely N-dealkylation sites (N-methyl/N-ethyl adjacent to an activating group) is 1. The van der Waals surface area contributed by atoms with Crippen LogP contribution in [0.1, 0.15) is 46.5 Å². The molecule has 1 saturated heterocycles. The lowest BCUT2D eigenvalue weighted by Gasteiger charge is -2.24. The molecule has 0 spiro atoms. The van der Waals surface area contributed by atoms with Crippen LogP contribution >= 0.6 is 0 Å². The summed E-state index contributed by atoms with van der Waals surface area (Å²) in [5.41, 5.74) is 0. The van der Waals surface area contributed by atoms with Crippen LogP contribution in [0.15, 0.2) is 0 Å². The fourth-order valence-corrected chi connectivity index (χ4v) is 2.73. The molecule has 0 aliphatic carbocycles. The first-order valence-electron chi connectivity index (χ1n) is 7.71. The normalized spacial score (nSPS) is 21.8. The third kappa shape index (κ3) is 6.39. The molecule has 2 unspecified atom stereocenters. The first-order valence-corrected chi connectivity index (χ1v) is 7.71. The molecule has 0 aromatic rings. The summed E-state index contributed by atoms with van der Waals surface area (Å²) >= 11 is 0. The van der Waals surface area contributed by atoms with Crippen molar-refractivity contribution >= 4 is 5.91 Å². The number of nitrogens with one attached hydrogen (secondary N) is 2. The third-order valence-electron chi connectivity index (χ3n) is 3.87. The van der Waals surface area contributed by atoms with Gasteiger partial charge in [-0.15, -0.1) is 0 Å². The highest BCUT2D eigenvalue weighted by Gasteiger charge is 2.25. The van der Waals surface area contributed by atoms with E-state index in [2.05, 4.69) is 36.3 Å². The van der Waals surface area contributed by atoms with Gasteiger partial charge in [-0.2, -0.15) is 0 Å². The fourth-order valence-electron chi connectivity index (χ4n) is 2.73. The molecule has 2 atom stereocenters. The van der Waals surface area contributed by atoms with E-state index in [9.17, 15) is 4.79 Å². The first kappa shape index (κ1) is 16.4. The van der Waals surface area contributed by atoms with Gasteiger partial charge >= 0.3 is 0 Å². The minimum atomic E-state index is 0.180. The summed E-state index contributed by atoms with van der Waals surface area (Å²) in [6.45, 7) is 9.15. The number of nitrogens with zero attached hydrogens (tertiary/aromatic N) is 1. The molecule has 1 heterocycles. The van der Waals surface area contributed by atoms with Crippen molar-refractivity contribution in [3.8, 4) is 0 Å². The van der Waals surface area contributed by atoms with Crippen molar-refractivity contribution in [2.45, 2.75) is 58.5 Å². The van der Waals surface area contributed by atoms with Gasteiger partial charge in [0.1, 0.15) is 0 Å². The van der Waals surface area contributed by atoms with Crippen LogP contribution in [-0.4, -0.2) is 49.6 Å². The van der Waals surface area contributed by atoms with Gasteiger partial charge in [-0.25, -0.2) is 0 Å². The quantitative estimate of drug-likeness (QED) is 0.704. The Labute approximate surface area is 118 Å². The van der Waals surface area contributed by atoms with Crippen molar-refractivity contribution in [1.82, 2.24) is 15.5 Å². The molecule has 0 aromatic carbocycles. The number of hydrogen-bond acceptors (Lipinski definition) is 3. The van der Waals surface area contributed by atoms with Gasteiger partial charge in [0.15, 0.2) is 0 Å². The van der Waals surface area contributed by atoms with E-state index in [0.29, 0.717) is 24.5 Å². The summed E-state index contributed by atoms with van der Waals surface area (Å²) in [5, 5.41) is 6.34. The fraction of sp³-hybridized carbons (Fsp3) is 0.933. The van der Waals surface area contributed by atoms with Crippen molar-refractivity contribution in [3.63, 3.8) is 0 Å². The molecule has 112 valence electrons. The summed E-state index contributed by atoms with van der Waals surface area (Å²) in [6, 6.07) is 0.821. The molecule has 1 rings (SSSR count). The Bertz CT molecular complexity index is 268. The van der Waals surface area contributed by atoms with Crippen LogP contribution in [0.25, 0.3) is 0 Å². The Balaban J connectivity index is 2.26. The van der Waals surface area contributed by atoms with E-state index >= 15 is 0 Å². The van der Waals surface area contributed by atoms with Gasteiger partial charge in [0.25, 0.3) is 0 Å². The van der Waals surface area contributed by atoms with Crippen molar-refractivity contribution < 1.29 is 4.79 Å². The second kappa shape index (κ2) is 8.54. The maximum atomic E-state index is 12.0. The van der Waals surface area contributed by atoms with E-state index in [1.54, 1.807) is 0 Å². The lowest BCUT2D eigenvalue weighted by Crippen LogP contribution is -2.45. The lowest BCUT2D eigenvalue weighted by atomic mass is 10.0. The number of carbonyl (C=O) groups excluding carboxylic acids is 1. The van der Waals surface area contributed by atoms with Crippen molar-refractivity contribution in [1.29, 1.82) is 0 Å². The van der Waals surface area contributed by atoms with Crippen molar-refractivity contribution in [2.24, 2.45) is 5.92 Å². The molecule has 0 saturated carbocycles. The largest absolute Gasteiger partial charge is 0.353 e. The maximum Gasteiger partial charge on any atom is 0.234 e. The number of likely N-dealkylation sites (tertiary alicyclic amines) is 1. The Morgan fingerprint density at radius 3 is 2.68 bits per heavy atom. The summed E-state index contributed by atoms with van der Waals surface area (Å²) < 4.78 is 0.